The van der Waals surface area contributed by atoms with Gasteiger partial charge in [0.1, 0.15) is 0 Å². The highest BCUT2D eigenvalue weighted by Gasteiger charge is 2.49. The molecule has 3 heteroatoms. The van der Waals surface area contributed by atoms with E-state index < -0.39 is 0 Å². The molecule has 3 atom stereocenters. The predicted molar refractivity (Wildman–Crippen MR) is 105 cm³/mol. The van der Waals surface area contributed by atoms with Crippen LogP contribution in [0.25, 0.3) is 0 Å². The van der Waals surface area contributed by atoms with Gasteiger partial charge in [-0.15, -0.1) is 0 Å². The fourth-order valence-corrected chi connectivity index (χ4v) is 4.94. The fraction of sp³-hybridized carbons (Fsp3) is 0.435. The topological polar surface area (TPSA) is 39.1 Å². The van der Waals surface area contributed by atoms with E-state index in [1.165, 1.54) is 16.7 Å². The summed E-state index contributed by atoms with van der Waals surface area (Å²) in [6, 6.07) is 20.3. The van der Waals surface area contributed by atoms with Gasteiger partial charge in [-0.25, -0.2) is 0 Å². The van der Waals surface area contributed by atoms with Crippen molar-refractivity contribution in [3.63, 3.8) is 0 Å². The van der Waals surface area contributed by atoms with Gasteiger partial charge in [-0.1, -0.05) is 43.3 Å². The average Bonchev–Trinajstić information content (AvgIpc) is 2.67. The molecule has 2 aromatic rings. The van der Waals surface area contributed by atoms with Crippen molar-refractivity contribution in [2.75, 3.05) is 20.1 Å². The second-order valence-corrected chi connectivity index (χ2v) is 8.07. The van der Waals surface area contributed by atoms with E-state index in [2.05, 4.69) is 72.7 Å². The quantitative estimate of drug-likeness (QED) is 0.924. The largest absolute Gasteiger partial charge is 0.311 e. The van der Waals surface area contributed by atoms with Crippen molar-refractivity contribution in [1.29, 1.82) is 5.26 Å². The van der Waals surface area contributed by atoms with E-state index in [1.807, 2.05) is 6.07 Å². The molecule has 1 heterocycles. The number of fused-ring (bicyclic) bond motifs is 4. The van der Waals surface area contributed by atoms with Gasteiger partial charge in [-0.2, -0.15) is 5.26 Å². The third-order valence-corrected chi connectivity index (χ3v) is 6.53. The molecule has 0 amide bonds. The summed E-state index contributed by atoms with van der Waals surface area (Å²) in [5, 5.41) is 13.2. The van der Waals surface area contributed by atoms with Crippen LogP contribution in [0, 0.1) is 11.3 Å². The molecular formula is C23H27N3. The monoisotopic (exact) mass is 345 g/mol. The summed E-state index contributed by atoms with van der Waals surface area (Å²) in [5.74, 6) is 0. The zero-order chi connectivity index (χ0) is 18.1. The molecule has 134 valence electrons. The molecule has 2 bridgehead atoms. The summed E-state index contributed by atoms with van der Waals surface area (Å²) in [6.45, 7) is 4.50. The molecule has 1 aliphatic carbocycles. The summed E-state index contributed by atoms with van der Waals surface area (Å²) >= 11 is 0. The van der Waals surface area contributed by atoms with Gasteiger partial charge in [0.15, 0.2) is 0 Å². The number of hydrogen-bond acceptors (Lipinski definition) is 3. The molecule has 0 saturated carbocycles. The Morgan fingerprint density at radius 1 is 1.23 bits per heavy atom. The highest BCUT2D eigenvalue weighted by molar-refractivity contribution is 5.46. The number of rotatable bonds is 4. The smallest absolute Gasteiger partial charge is 0.0991 e. The first-order valence-electron chi connectivity index (χ1n) is 9.63. The Bertz CT molecular complexity index is 823. The lowest BCUT2D eigenvalue weighted by molar-refractivity contribution is 0.0664. The van der Waals surface area contributed by atoms with E-state index in [4.69, 9.17) is 0 Å². The summed E-state index contributed by atoms with van der Waals surface area (Å²) in [4.78, 5) is 2.52. The fourth-order valence-electron chi connectivity index (χ4n) is 4.94. The highest BCUT2D eigenvalue weighted by Crippen LogP contribution is 2.44. The van der Waals surface area contributed by atoms with Gasteiger partial charge in [0.2, 0.25) is 0 Å². The molecule has 26 heavy (non-hydrogen) atoms. The van der Waals surface area contributed by atoms with Crippen molar-refractivity contribution < 1.29 is 0 Å². The van der Waals surface area contributed by atoms with E-state index in [0.29, 0.717) is 12.1 Å². The van der Waals surface area contributed by atoms with E-state index in [0.717, 1.165) is 37.9 Å². The van der Waals surface area contributed by atoms with Crippen LogP contribution in [0.15, 0.2) is 48.5 Å². The predicted octanol–water partition coefficient (Wildman–Crippen LogP) is 3.28. The zero-order valence-corrected chi connectivity index (χ0v) is 15.7. The average molecular weight is 345 g/mol. The van der Waals surface area contributed by atoms with Gasteiger partial charge < -0.3 is 10.2 Å². The normalized spacial score (nSPS) is 27.6. The van der Waals surface area contributed by atoms with Crippen molar-refractivity contribution in [3.05, 3.63) is 70.8 Å². The van der Waals surface area contributed by atoms with Crippen LogP contribution in [0.5, 0.6) is 0 Å². The van der Waals surface area contributed by atoms with E-state index in [9.17, 15) is 5.26 Å². The third-order valence-electron chi connectivity index (χ3n) is 6.53. The third kappa shape index (κ3) is 2.94. The van der Waals surface area contributed by atoms with Crippen LogP contribution in [0.1, 0.15) is 35.6 Å². The van der Waals surface area contributed by atoms with Gasteiger partial charge in [0.25, 0.3) is 0 Å². The van der Waals surface area contributed by atoms with Crippen LogP contribution in [0.2, 0.25) is 0 Å². The Hall–Kier alpha value is -2.15. The molecule has 0 spiro atoms. The van der Waals surface area contributed by atoms with Crippen molar-refractivity contribution in [2.45, 2.75) is 43.7 Å². The first kappa shape index (κ1) is 17.3. The number of hydrogen-bond donors (Lipinski definition) is 1. The van der Waals surface area contributed by atoms with Gasteiger partial charge in [0, 0.05) is 17.5 Å². The summed E-state index contributed by atoms with van der Waals surface area (Å²) < 4.78 is 0. The standard InChI is InChI=1S/C23H27N3/c1-23-11-13-26(2)21(15-19-9-8-18(16-24)14-20(19)23)22(23)25-12-10-17-6-4-3-5-7-17/h3-9,14,21-22,25H,10-13,15H2,1-2H3/t21-,22+,23-/m1/s1. The molecule has 4 rings (SSSR count). The number of piperidine rings is 1. The maximum Gasteiger partial charge on any atom is 0.0991 e. The minimum atomic E-state index is 0.0916. The minimum Gasteiger partial charge on any atom is -0.311 e. The van der Waals surface area contributed by atoms with Crippen molar-refractivity contribution in [3.8, 4) is 6.07 Å². The van der Waals surface area contributed by atoms with Crippen molar-refractivity contribution in [2.24, 2.45) is 0 Å². The highest BCUT2D eigenvalue weighted by atomic mass is 15.2. The summed E-state index contributed by atoms with van der Waals surface area (Å²) in [6.07, 6.45) is 3.25. The Balaban J connectivity index is 1.60. The van der Waals surface area contributed by atoms with E-state index >= 15 is 0 Å². The molecule has 1 fully saturated rings. The van der Waals surface area contributed by atoms with Crippen LogP contribution in [-0.4, -0.2) is 37.1 Å². The summed E-state index contributed by atoms with van der Waals surface area (Å²) in [7, 11) is 2.25. The van der Waals surface area contributed by atoms with Crippen molar-refractivity contribution >= 4 is 0 Å². The van der Waals surface area contributed by atoms with Gasteiger partial charge >= 0.3 is 0 Å². The first-order valence-corrected chi connectivity index (χ1v) is 9.63. The molecule has 2 aliphatic rings. The van der Waals surface area contributed by atoms with E-state index in [1.54, 1.807) is 0 Å². The number of nitriles is 1. The molecule has 2 aromatic carbocycles. The number of nitrogens with zero attached hydrogens (tertiary/aromatic N) is 2. The summed E-state index contributed by atoms with van der Waals surface area (Å²) in [5.41, 5.74) is 5.06. The molecule has 0 aromatic heterocycles. The molecular weight excluding hydrogens is 318 g/mol. The van der Waals surface area contributed by atoms with Gasteiger partial charge in [0.05, 0.1) is 11.6 Å². The maximum absolute atomic E-state index is 9.35. The Labute approximate surface area is 156 Å². The van der Waals surface area contributed by atoms with Gasteiger partial charge in [-0.05, 0) is 68.2 Å². The zero-order valence-electron chi connectivity index (χ0n) is 15.7. The van der Waals surface area contributed by atoms with Crippen LogP contribution < -0.4 is 5.32 Å². The van der Waals surface area contributed by atoms with Gasteiger partial charge in [-0.3, -0.25) is 0 Å². The Morgan fingerprint density at radius 3 is 2.81 bits per heavy atom. The SMILES string of the molecule is CN1CC[C@]2(C)c3cc(C#N)ccc3C[C@@H]1[C@@H]2NCCc1ccccc1. The number of likely N-dealkylation sites (tertiary alicyclic amines) is 1. The van der Waals surface area contributed by atoms with Crippen LogP contribution >= 0.6 is 0 Å². The Kier molecular flexibility index (Phi) is 4.56. The second kappa shape index (κ2) is 6.87. The molecule has 3 nitrogen and oxygen atoms in total. The number of likely N-dealkylation sites (N-methyl/N-ethyl adjacent to an activating group) is 1. The lowest BCUT2D eigenvalue weighted by Gasteiger charge is -2.55. The lowest BCUT2D eigenvalue weighted by atomic mass is 9.61. The first-order chi connectivity index (χ1) is 12.6. The second-order valence-electron chi connectivity index (χ2n) is 8.07. The minimum absolute atomic E-state index is 0.0916. The van der Waals surface area contributed by atoms with E-state index in [-0.39, 0.29) is 5.41 Å². The number of nitrogens with one attached hydrogen (secondary N) is 1. The van der Waals surface area contributed by atoms with Crippen LogP contribution in [-0.2, 0) is 18.3 Å². The molecule has 1 saturated heterocycles. The van der Waals surface area contributed by atoms with Crippen LogP contribution in [0.4, 0.5) is 0 Å². The van der Waals surface area contributed by atoms with Crippen molar-refractivity contribution in [1.82, 2.24) is 10.2 Å². The maximum atomic E-state index is 9.35. The van der Waals surface area contributed by atoms with Crippen LogP contribution in [0.3, 0.4) is 0 Å². The Morgan fingerprint density at radius 2 is 2.04 bits per heavy atom. The molecule has 1 aliphatic heterocycles. The molecule has 1 N–H and O–H groups in total. The molecule has 0 unspecified atom stereocenters. The molecule has 0 radical (unpaired) electrons. The lowest BCUT2D eigenvalue weighted by Crippen LogP contribution is -2.66. The number of benzene rings is 2.